The van der Waals surface area contributed by atoms with Crippen molar-refractivity contribution in [3.05, 3.63) is 47.7 Å². The van der Waals surface area contributed by atoms with Gasteiger partial charge in [0.05, 0.1) is 36.9 Å². The van der Waals surface area contributed by atoms with Crippen LogP contribution in [0.15, 0.2) is 47.7 Å². The zero-order chi connectivity index (χ0) is 29.3. The van der Waals surface area contributed by atoms with Crippen LogP contribution >= 0.6 is 22.7 Å². The molecule has 0 spiro atoms. The van der Waals surface area contributed by atoms with Crippen LogP contribution in [0.2, 0.25) is 0 Å². The highest BCUT2D eigenvalue weighted by atomic mass is 32.3. The average Bonchev–Trinajstić information content (AvgIpc) is 3.84. The predicted octanol–water partition coefficient (Wildman–Crippen LogP) is 0.846. The first-order valence-electron chi connectivity index (χ1n) is 12.7. The number of rotatable bonds is 8. The summed E-state index contributed by atoms with van der Waals surface area (Å²) in [6.07, 6.45) is 10.0. The number of carbonyl (C=O) groups excluding carboxylic acids is 2. The Balaban J connectivity index is 0.978. The highest BCUT2D eigenvalue weighted by molar-refractivity contribution is 7.81. The van der Waals surface area contributed by atoms with E-state index >= 15 is 0 Å². The van der Waals surface area contributed by atoms with E-state index < -0.39 is 34.5 Å². The van der Waals surface area contributed by atoms with Crippen molar-refractivity contribution in [3.8, 4) is 21.4 Å². The molecule has 2 fully saturated rings. The van der Waals surface area contributed by atoms with Crippen LogP contribution in [0.25, 0.3) is 32.8 Å². The highest BCUT2D eigenvalue weighted by Crippen LogP contribution is 2.31. The van der Waals surface area contributed by atoms with Crippen molar-refractivity contribution in [1.29, 1.82) is 0 Å². The van der Waals surface area contributed by atoms with Crippen molar-refractivity contribution in [2.45, 2.75) is 12.1 Å². The lowest BCUT2D eigenvalue weighted by Crippen LogP contribution is -2.40. The number of nitrogens with zero attached hydrogens (tertiary/aromatic N) is 12. The average molecular weight is 643 g/mol. The Morgan fingerprint density at radius 1 is 0.744 bits per heavy atom. The summed E-state index contributed by atoms with van der Waals surface area (Å²) in [5.74, 6) is 0. The second-order valence-corrected chi connectivity index (χ2v) is 12.7. The first-order chi connectivity index (χ1) is 20.8. The van der Waals surface area contributed by atoms with Gasteiger partial charge in [0.25, 0.3) is 0 Å². The molecule has 18 nitrogen and oxygen atoms in total. The Bertz CT molecular complexity index is 1770. The van der Waals surface area contributed by atoms with Crippen LogP contribution in [0, 0.1) is 0 Å². The second-order valence-electron chi connectivity index (χ2n) is 9.76. The normalized spacial score (nSPS) is 21.7. The van der Waals surface area contributed by atoms with E-state index in [4.69, 9.17) is 8.57 Å². The first kappa shape index (κ1) is 26.1. The summed E-state index contributed by atoms with van der Waals surface area (Å²) in [6.45, 7) is 0.687. The first-order valence-corrected chi connectivity index (χ1v) is 15.8. The molecule has 4 aliphatic heterocycles. The summed E-state index contributed by atoms with van der Waals surface area (Å²) in [4.78, 5) is 37.3. The molecular formula is C22H18N12O6S3. The van der Waals surface area contributed by atoms with Gasteiger partial charge in [0.1, 0.15) is 33.5 Å². The van der Waals surface area contributed by atoms with Gasteiger partial charge in [-0.25, -0.2) is 28.9 Å². The van der Waals surface area contributed by atoms with E-state index in [-0.39, 0.29) is 26.2 Å². The number of thiazole rings is 2. The molecule has 4 bridgehead atoms. The minimum absolute atomic E-state index is 0.151. The number of hydroxylamine groups is 4. The molecule has 4 aromatic heterocycles. The molecule has 0 aromatic carbocycles. The van der Waals surface area contributed by atoms with E-state index in [1.54, 1.807) is 36.9 Å². The number of amides is 4. The molecule has 2 saturated heterocycles. The van der Waals surface area contributed by atoms with Crippen molar-refractivity contribution in [1.82, 2.24) is 59.9 Å². The monoisotopic (exact) mass is 642 g/mol. The third-order valence-corrected chi connectivity index (χ3v) is 9.31. The van der Waals surface area contributed by atoms with Gasteiger partial charge >= 0.3 is 22.5 Å². The minimum atomic E-state index is -4.89. The molecule has 2 atom stereocenters. The van der Waals surface area contributed by atoms with Crippen LogP contribution in [0.5, 0.6) is 0 Å². The summed E-state index contributed by atoms with van der Waals surface area (Å²) in [5, 5.41) is 23.0. The maximum atomic E-state index is 13.0. The summed E-state index contributed by atoms with van der Waals surface area (Å²) < 4.78 is 39.3. The van der Waals surface area contributed by atoms with Crippen LogP contribution in [0.3, 0.4) is 0 Å². The molecule has 0 saturated carbocycles. The van der Waals surface area contributed by atoms with Gasteiger partial charge in [-0.3, -0.25) is 0 Å². The largest absolute Gasteiger partial charge is 0.442 e. The Hall–Kier alpha value is -4.57. The molecule has 0 aliphatic carbocycles. The Labute approximate surface area is 249 Å². The fraction of sp³-hybridized carbons (Fsp3) is 0.273. The molecule has 4 amide bonds. The van der Waals surface area contributed by atoms with E-state index in [1.807, 2.05) is 10.8 Å². The third-order valence-electron chi connectivity index (χ3n) is 7.03. The SMILES string of the molecule is O=C1N2CC(n3cc(-c4nccs4)nn3)=CC(C2)N1OS(=O)(=O)ON1C(=O)N2CC(n3cc(-c4nccs4)nn3)=CC1C2. The number of fused-ring (bicyclic) bond motifs is 4. The summed E-state index contributed by atoms with van der Waals surface area (Å²) in [6, 6.07) is -2.87. The molecular weight excluding hydrogens is 625 g/mol. The van der Waals surface area contributed by atoms with Gasteiger partial charge in [-0.1, -0.05) is 10.4 Å². The van der Waals surface area contributed by atoms with Crippen LogP contribution in [0.4, 0.5) is 9.59 Å². The molecule has 4 aromatic rings. The topological polar surface area (TPSA) is 187 Å². The summed E-state index contributed by atoms with van der Waals surface area (Å²) in [7, 11) is -4.89. The maximum absolute atomic E-state index is 13.0. The van der Waals surface area contributed by atoms with Gasteiger partial charge in [-0.2, -0.15) is 18.5 Å². The maximum Gasteiger partial charge on any atom is 0.442 e. The van der Waals surface area contributed by atoms with E-state index in [2.05, 4.69) is 30.6 Å². The Morgan fingerprint density at radius 2 is 1.21 bits per heavy atom. The molecule has 43 heavy (non-hydrogen) atoms. The van der Waals surface area contributed by atoms with Crippen molar-refractivity contribution >= 4 is 56.5 Å². The summed E-state index contributed by atoms with van der Waals surface area (Å²) in [5.41, 5.74) is 2.33. The fourth-order valence-corrected chi connectivity index (χ4v) is 7.09. The van der Waals surface area contributed by atoms with Gasteiger partial charge in [0, 0.05) is 36.2 Å². The van der Waals surface area contributed by atoms with Gasteiger partial charge in [0.15, 0.2) is 0 Å². The van der Waals surface area contributed by atoms with Gasteiger partial charge in [0.2, 0.25) is 0 Å². The molecule has 8 rings (SSSR count). The molecule has 0 N–H and O–H groups in total. The number of carbonyl (C=O) groups is 2. The van der Waals surface area contributed by atoms with Crippen molar-refractivity contribution in [3.63, 3.8) is 0 Å². The molecule has 0 radical (unpaired) electrons. The molecule has 2 unspecified atom stereocenters. The van der Waals surface area contributed by atoms with Crippen LogP contribution in [-0.2, 0) is 19.0 Å². The standard InChI is InChI=1S/C22H18N12O6S3/c35-21-29-7-13(31-11-17(25-27-31)19-23-1-3-41-19)5-15(9-29)33(21)39-43(37,38)40-34-16-6-14(8-30(10-16)22(34)36)32-12-18(26-28-32)20-24-2-4-42-20/h1-6,11-12,15-16H,7-10H2. The van der Waals surface area contributed by atoms with Crippen LogP contribution in [0.1, 0.15) is 0 Å². The number of urea groups is 2. The quantitative estimate of drug-likeness (QED) is 0.264. The lowest BCUT2D eigenvalue weighted by atomic mass is 10.2. The van der Waals surface area contributed by atoms with Crippen molar-refractivity contribution in [2.75, 3.05) is 26.2 Å². The molecule has 4 aliphatic rings. The van der Waals surface area contributed by atoms with Gasteiger partial charge in [-0.15, -0.1) is 41.4 Å². The Morgan fingerprint density at radius 3 is 1.63 bits per heavy atom. The van der Waals surface area contributed by atoms with Crippen LogP contribution < -0.4 is 0 Å². The lowest BCUT2D eigenvalue weighted by molar-refractivity contribution is -0.0723. The number of aromatic nitrogens is 8. The van der Waals surface area contributed by atoms with E-state index in [0.717, 1.165) is 0 Å². The van der Waals surface area contributed by atoms with Crippen molar-refractivity contribution in [2.24, 2.45) is 0 Å². The molecule has 220 valence electrons. The van der Waals surface area contributed by atoms with E-state index in [0.29, 0.717) is 42.9 Å². The minimum Gasteiger partial charge on any atom is -0.314 e. The third kappa shape index (κ3) is 4.57. The predicted molar refractivity (Wildman–Crippen MR) is 147 cm³/mol. The fourth-order valence-electron chi connectivity index (χ4n) is 5.15. The second kappa shape index (κ2) is 9.74. The van der Waals surface area contributed by atoms with E-state index in [1.165, 1.54) is 41.8 Å². The van der Waals surface area contributed by atoms with Crippen molar-refractivity contribution < 1.29 is 26.6 Å². The van der Waals surface area contributed by atoms with Gasteiger partial charge < -0.3 is 9.80 Å². The highest BCUT2D eigenvalue weighted by Gasteiger charge is 2.47. The van der Waals surface area contributed by atoms with Crippen LogP contribution in [-0.4, -0.2) is 119 Å². The molecule has 8 heterocycles. The zero-order valence-corrected chi connectivity index (χ0v) is 24.1. The van der Waals surface area contributed by atoms with E-state index in [9.17, 15) is 18.0 Å². The lowest BCUT2D eigenvalue weighted by Gasteiger charge is -2.22. The number of hydrogen-bond acceptors (Lipinski definition) is 14. The zero-order valence-electron chi connectivity index (χ0n) is 21.6. The summed E-state index contributed by atoms with van der Waals surface area (Å²) >= 11 is 2.82. The Kier molecular flexibility index (Phi) is 5.91. The smallest absolute Gasteiger partial charge is 0.314 e. The number of hydrogen-bond donors (Lipinski definition) is 0. The van der Waals surface area contributed by atoms with Gasteiger partial charge in [-0.05, 0) is 12.2 Å². The molecule has 21 heteroatoms.